The zero-order valence-electron chi connectivity index (χ0n) is 10.2. The van der Waals surface area contributed by atoms with Crippen LogP contribution in [0, 0.1) is 0 Å². The fraction of sp³-hybridized carbons (Fsp3) is 0.727. The molecule has 0 saturated carbocycles. The summed E-state index contributed by atoms with van der Waals surface area (Å²) in [5, 5.41) is 7.78. The number of aromatic nitrogens is 2. The smallest absolute Gasteiger partial charge is 0.0762 e. The van der Waals surface area contributed by atoms with Crippen LogP contribution >= 0.6 is 0 Å². The van der Waals surface area contributed by atoms with E-state index in [-0.39, 0.29) is 0 Å². The van der Waals surface area contributed by atoms with Crippen molar-refractivity contribution in [1.82, 2.24) is 20.0 Å². The van der Waals surface area contributed by atoms with E-state index in [0.29, 0.717) is 6.04 Å². The molecule has 1 unspecified atom stereocenters. The van der Waals surface area contributed by atoms with Crippen LogP contribution in [0.2, 0.25) is 0 Å². The van der Waals surface area contributed by atoms with Gasteiger partial charge in [-0.1, -0.05) is 6.92 Å². The van der Waals surface area contributed by atoms with Gasteiger partial charge in [0.15, 0.2) is 0 Å². The first-order valence-corrected chi connectivity index (χ1v) is 5.52. The molecule has 86 valence electrons. The third-order valence-electron chi connectivity index (χ3n) is 2.53. The summed E-state index contributed by atoms with van der Waals surface area (Å²) in [5.74, 6) is 0. The third-order valence-corrected chi connectivity index (χ3v) is 2.53. The molecule has 0 bridgehead atoms. The van der Waals surface area contributed by atoms with Crippen LogP contribution in [0.4, 0.5) is 0 Å². The van der Waals surface area contributed by atoms with Gasteiger partial charge in [-0.25, -0.2) is 0 Å². The minimum absolute atomic E-state index is 0.497. The van der Waals surface area contributed by atoms with E-state index in [1.807, 2.05) is 24.0 Å². The van der Waals surface area contributed by atoms with Gasteiger partial charge >= 0.3 is 0 Å². The van der Waals surface area contributed by atoms with Gasteiger partial charge in [-0.3, -0.25) is 4.68 Å². The molecule has 4 nitrogen and oxygen atoms in total. The lowest BCUT2D eigenvalue weighted by Gasteiger charge is -2.20. The van der Waals surface area contributed by atoms with Crippen molar-refractivity contribution in [1.29, 1.82) is 0 Å². The second-order valence-corrected chi connectivity index (χ2v) is 4.12. The molecule has 0 spiro atoms. The Kier molecular flexibility index (Phi) is 4.78. The molecule has 0 aromatic carbocycles. The molecule has 4 heteroatoms. The minimum atomic E-state index is 0.497. The van der Waals surface area contributed by atoms with Crippen molar-refractivity contribution in [3.63, 3.8) is 0 Å². The highest BCUT2D eigenvalue weighted by Crippen LogP contribution is 1.95. The number of hydrogen-bond acceptors (Lipinski definition) is 3. The maximum atomic E-state index is 4.32. The average molecular weight is 210 g/mol. The van der Waals surface area contributed by atoms with E-state index < -0.39 is 0 Å². The minimum Gasteiger partial charge on any atom is -0.307 e. The average Bonchev–Trinajstić information content (AvgIpc) is 2.61. The van der Waals surface area contributed by atoms with Crippen molar-refractivity contribution in [2.75, 3.05) is 20.1 Å². The van der Waals surface area contributed by atoms with Crippen LogP contribution in [0.15, 0.2) is 12.3 Å². The first kappa shape index (κ1) is 12.2. The second kappa shape index (κ2) is 5.88. The Morgan fingerprint density at radius 2 is 2.33 bits per heavy atom. The summed E-state index contributed by atoms with van der Waals surface area (Å²) in [4.78, 5) is 2.30. The van der Waals surface area contributed by atoms with Gasteiger partial charge in [-0.15, -0.1) is 0 Å². The van der Waals surface area contributed by atoms with Crippen molar-refractivity contribution < 1.29 is 0 Å². The van der Waals surface area contributed by atoms with Gasteiger partial charge in [0, 0.05) is 32.4 Å². The number of rotatable bonds is 6. The van der Waals surface area contributed by atoms with Gasteiger partial charge in [0.2, 0.25) is 0 Å². The van der Waals surface area contributed by atoms with Crippen molar-refractivity contribution >= 4 is 0 Å². The van der Waals surface area contributed by atoms with Crippen LogP contribution in [0.5, 0.6) is 0 Å². The molecule has 1 aromatic rings. The quantitative estimate of drug-likeness (QED) is 0.755. The van der Waals surface area contributed by atoms with Crippen LogP contribution in [0.3, 0.4) is 0 Å². The molecule has 1 atom stereocenters. The molecule has 0 aliphatic carbocycles. The Hall–Kier alpha value is -0.870. The normalized spacial score (nSPS) is 13.4. The van der Waals surface area contributed by atoms with Crippen LogP contribution in [0.25, 0.3) is 0 Å². The van der Waals surface area contributed by atoms with Crippen molar-refractivity contribution in [3.8, 4) is 0 Å². The fourth-order valence-electron chi connectivity index (χ4n) is 1.50. The van der Waals surface area contributed by atoms with Gasteiger partial charge in [0.1, 0.15) is 0 Å². The molecule has 0 aliphatic heterocycles. The summed E-state index contributed by atoms with van der Waals surface area (Å²) in [6.45, 7) is 7.39. The molecule has 1 N–H and O–H groups in total. The number of aryl methyl sites for hydroxylation is 1. The lowest BCUT2D eigenvalue weighted by atomic mass is 10.3. The van der Waals surface area contributed by atoms with Crippen LogP contribution in [-0.4, -0.2) is 40.9 Å². The Morgan fingerprint density at radius 3 is 2.87 bits per heavy atom. The number of likely N-dealkylation sites (N-methyl/N-ethyl adjacent to an activating group) is 1. The van der Waals surface area contributed by atoms with Crippen LogP contribution in [0.1, 0.15) is 19.5 Å². The molecule has 15 heavy (non-hydrogen) atoms. The van der Waals surface area contributed by atoms with E-state index in [9.17, 15) is 0 Å². The molecule has 0 amide bonds. The summed E-state index contributed by atoms with van der Waals surface area (Å²) < 4.78 is 1.83. The van der Waals surface area contributed by atoms with Crippen molar-refractivity contribution in [2.24, 2.45) is 7.05 Å². The van der Waals surface area contributed by atoms with Crippen LogP contribution < -0.4 is 5.32 Å². The molecular weight excluding hydrogens is 188 g/mol. The molecule has 1 heterocycles. The highest BCUT2D eigenvalue weighted by Gasteiger charge is 2.05. The Bertz CT molecular complexity index is 282. The molecule has 1 aromatic heterocycles. The highest BCUT2D eigenvalue weighted by atomic mass is 15.3. The number of nitrogens with one attached hydrogen (secondary N) is 1. The Morgan fingerprint density at radius 1 is 1.60 bits per heavy atom. The molecular formula is C11H22N4. The Labute approximate surface area is 92.3 Å². The summed E-state index contributed by atoms with van der Waals surface area (Å²) in [6, 6.07) is 2.54. The number of hydrogen-bond donors (Lipinski definition) is 1. The molecule has 0 fully saturated rings. The lowest BCUT2D eigenvalue weighted by Crippen LogP contribution is -2.37. The summed E-state index contributed by atoms with van der Waals surface area (Å²) >= 11 is 0. The van der Waals surface area contributed by atoms with Gasteiger partial charge in [-0.05, 0) is 26.6 Å². The van der Waals surface area contributed by atoms with E-state index >= 15 is 0 Å². The molecule has 0 radical (unpaired) electrons. The summed E-state index contributed by atoms with van der Waals surface area (Å²) in [7, 11) is 4.08. The van der Waals surface area contributed by atoms with E-state index in [1.54, 1.807) is 0 Å². The van der Waals surface area contributed by atoms with Crippen molar-refractivity contribution in [2.45, 2.75) is 26.4 Å². The largest absolute Gasteiger partial charge is 0.307 e. The summed E-state index contributed by atoms with van der Waals surface area (Å²) in [6.07, 6.45) is 1.97. The topological polar surface area (TPSA) is 33.1 Å². The SMILES string of the molecule is CCN(C)CC(C)NCc1ccn(C)n1. The predicted molar refractivity (Wildman–Crippen MR) is 62.7 cm³/mol. The molecule has 1 rings (SSSR count). The van der Waals surface area contributed by atoms with E-state index in [2.05, 4.69) is 36.2 Å². The fourth-order valence-corrected chi connectivity index (χ4v) is 1.50. The van der Waals surface area contributed by atoms with Crippen molar-refractivity contribution in [3.05, 3.63) is 18.0 Å². The van der Waals surface area contributed by atoms with Gasteiger partial charge in [0.25, 0.3) is 0 Å². The zero-order chi connectivity index (χ0) is 11.3. The van der Waals surface area contributed by atoms with Gasteiger partial charge in [0.05, 0.1) is 5.69 Å². The zero-order valence-corrected chi connectivity index (χ0v) is 10.2. The highest BCUT2D eigenvalue weighted by molar-refractivity contribution is 4.98. The second-order valence-electron chi connectivity index (χ2n) is 4.12. The first-order valence-electron chi connectivity index (χ1n) is 5.52. The molecule has 0 aliphatic rings. The Balaban J connectivity index is 2.25. The first-order chi connectivity index (χ1) is 7.11. The third kappa shape index (κ3) is 4.44. The monoisotopic (exact) mass is 210 g/mol. The lowest BCUT2D eigenvalue weighted by molar-refractivity contribution is 0.309. The van der Waals surface area contributed by atoms with Crippen LogP contribution in [-0.2, 0) is 13.6 Å². The van der Waals surface area contributed by atoms with E-state index in [1.165, 1.54) is 0 Å². The van der Waals surface area contributed by atoms with Gasteiger partial charge < -0.3 is 10.2 Å². The number of nitrogens with zero attached hydrogens (tertiary/aromatic N) is 3. The summed E-state index contributed by atoms with van der Waals surface area (Å²) in [5.41, 5.74) is 1.10. The van der Waals surface area contributed by atoms with E-state index in [0.717, 1.165) is 25.3 Å². The standard InChI is InChI=1S/C11H22N4/c1-5-14(3)9-10(2)12-8-11-6-7-15(4)13-11/h6-7,10,12H,5,8-9H2,1-4H3. The molecule has 0 saturated heterocycles. The van der Waals surface area contributed by atoms with Gasteiger partial charge in [-0.2, -0.15) is 5.10 Å². The maximum absolute atomic E-state index is 4.32. The maximum Gasteiger partial charge on any atom is 0.0762 e. The van der Waals surface area contributed by atoms with E-state index in [4.69, 9.17) is 0 Å². The predicted octanol–water partition coefficient (Wildman–Crippen LogP) is 0.850.